The van der Waals surface area contributed by atoms with E-state index in [9.17, 15) is 4.79 Å². The van der Waals surface area contributed by atoms with Crippen LogP contribution in [0.25, 0.3) is 0 Å². The molecule has 0 aromatic carbocycles. The van der Waals surface area contributed by atoms with E-state index in [2.05, 4.69) is 0 Å². The molecule has 0 amide bonds. The van der Waals surface area contributed by atoms with E-state index in [4.69, 9.17) is 10.5 Å². The second kappa shape index (κ2) is 4.99. The van der Waals surface area contributed by atoms with E-state index in [0.717, 1.165) is 0 Å². The summed E-state index contributed by atoms with van der Waals surface area (Å²) >= 11 is 0. The molecule has 0 fully saturated rings. The number of carbonyl (C=O) groups excluding carboxylic acids is 1. The summed E-state index contributed by atoms with van der Waals surface area (Å²) in [4.78, 5) is 11.5. The Morgan fingerprint density at radius 1 is 1.14 bits per heavy atom. The molecule has 0 saturated carbocycles. The first-order valence-corrected chi connectivity index (χ1v) is 4.52. The van der Waals surface area contributed by atoms with Gasteiger partial charge in [-0.15, -0.1) is 12.4 Å². The Labute approximate surface area is 92.8 Å². The third-order valence-electron chi connectivity index (χ3n) is 1.59. The van der Waals surface area contributed by atoms with Crippen LogP contribution in [0, 0.1) is 5.41 Å². The molecule has 86 valence electrons. The van der Waals surface area contributed by atoms with Gasteiger partial charge in [0.15, 0.2) is 0 Å². The van der Waals surface area contributed by atoms with Gasteiger partial charge in [-0.05, 0) is 26.2 Å². The molecule has 0 bridgehead atoms. The van der Waals surface area contributed by atoms with Crippen LogP contribution in [0.2, 0.25) is 0 Å². The van der Waals surface area contributed by atoms with Crippen LogP contribution in [0.15, 0.2) is 0 Å². The van der Waals surface area contributed by atoms with Gasteiger partial charge in [-0.25, -0.2) is 0 Å². The van der Waals surface area contributed by atoms with Crippen LogP contribution in [0.1, 0.15) is 41.5 Å². The molecule has 0 radical (unpaired) electrons. The van der Waals surface area contributed by atoms with Gasteiger partial charge in [0.25, 0.3) is 0 Å². The van der Waals surface area contributed by atoms with Gasteiger partial charge in [-0.3, -0.25) is 4.79 Å². The molecule has 0 aliphatic heterocycles. The number of halogens is 1. The average molecular weight is 224 g/mol. The molecule has 3 nitrogen and oxygen atoms in total. The normalized spacial score (nSPS) is 14.2. The zero-order valence-corrected chi connectivity index (χ0v) is 10.7. The number of hydrogen-bond acceptors (Lipinski definition) is 3. The smallest absolute Gasteiger partial charge is 0.323 e. The maximum absolute atomic E-state index is 11.5. The minimum Gasteiger partial charge on any atom is -0.459 e. The first kappa shape index (κ1) is 16.2. The SMILES string of the molecule is CC(C)(C)OC(=O)C(N)C(C)(C)C.Cl. The van der Waals surface area contributed by atoms with Crippen molar-refractivity contribution in [3.63, 3.8) is 0 Å². The quantitative estimate of drug-likeness (QED) is 0.693. The highest BCUT2D eigenvalue weighted by Crippen LogP contribution is 2.20. The van der Waals surface area contributed by atoms with Gasteiger partial charge in [0.2, 0.25) is 0 Å². The van der Waals surface area contributed by atoms with Gasteiger partial charge in [-0.2, -0.15) is 0 Å². The van der Waals surface area contributed by atoms with Crippen molar-refractivity contribution < 1.29 is 9.53 Å². The number of nitrogens with two attached hydrogens (primary N) is 1. The molecule has 0 aromatic rings. The van der Waals surface area contributed by atoms with Crippen molar-refractivity contribution in [1.29, 1.82) is 0 Å². The van der Waals surface area contributed by atoms with E-state index in [1.165, 1.54) is 0 Å². The van der Waals surface area contributed by atoms with Gasteiger partial charge in [0.05, 0.1) is 0 Å². The average Bonchev–Trinajstić information content (AvgIpc) is 1.79. The third-order valence-corrected chi connectivity index (χ3v) is 1.59. The highest BCUT2D eigenvalue weighted by atomic mass is 35.5. The van der Waals surface area contributed by atoms with E-state index in [0.29, 0.717) is 0 Å². The van der Waals surface area contributed by atoms with E-state index in [-0.39, 0.29) is 23.8 Å². The monoisotopic (exact) mass is 223 g/mol. The Kier molecular flexibility index (Phi) is 5.76. The highest BCUT2D eigenvalue weighted by molar-refractivity contribution is 5.85. The van der Waals surface area contributed by atoms with E-state index < -0.39 is 11.6 Å². The molecule has 0 aliphatic rings. The lowest BCUT2D eigenvalue weighted by Gasteiger charge is -2.28. The topological polar surface area (TPSA) is 52.3 Å². The Hall–Kier alpha value is -0.280. The third kappa shape index (κ3) is 6.22. The van der Waals surface area contributed by atoms with Crippen molar-refractivity contribution in [2.45, 2.75) is 53.2 Å². The zero-order chi connectivity index (χ0) is 10.9. The highest BCUT2D eigenvalue weighted by Gasteiger charge is 2.31. The first-order valence-electron chi connectivity index (χ1n) is 4.52. The minimum atomic E-state index is -0.563. The van der Waals surface area contributed by atoms with E-state index >= 15 is 0 Å². The second-order valence-corrected chi connectivity index (χ2v) is 5.38. The van der Waals surface area contributed by atoms with Crippen molar-refractivity contribution in [2.75, 3.05) is 0 Å². The van der Waals surface area contributed by atoms with Crippen LogP contribution >= 0.6 is 12.4 Å². The van der Waals surface area contributed by atoms with Gasteiger partial charge < -0.3 is 10.5 Å². The van der Waals surface area contributed by atoms with Gasteiger partial charge >= 0.3 is 5.97 Å². The van der Waals surface area contributed by atoms with Crippen LogP contribution in [0.3, 0.4) is 0 Å². The summed E-state index contributed by atoms with van der Waals surface area (Å²) in [6.45, 7) is 11.3. The summed E-state index contributed by atoms with van der Waals surface area (Å²) < 4.78 is 5.16. The second-order valence-electron chi connectivity index (χ2n) is 5.38. The van der Waals surface area contributed by atoms with Crippen LogP contribution in [0.5, 0.6) is 0 Å². The largest absolute Gasteiger partial charge is 0.459 e. The molecule has 1 unspecified atom stereocenters. The van der Waals surface area contributed by atoms with Crippen LogP contribution in [-0.4, -0.2) is 17.6 Å². The summed E-state index contributed by atoms with van der Waals surface area (Å²) in [5.41, 5.74) is 5.02. The first-order chi connectivity index (χ1) is 5.54. The molecular formula is C10H22ClNO2. The van der Waals surface area contributed by atoms with Crippen LogP contribution in [-0.2, 0) is 9.53 Å². The predicted molar refractivity (Wildman–Crippen MR) is 60.5 cm³/mol. The van der Waals surface area contributed by atoms with Crippen LogP contribution in [0.4, 0.5) is 0 Å². The standard InChI is InChI=1S/C10H21NO2.ClH/c1-9(2,3)7(11)8(12)13-10(4,5)6;/h7H,11H2,1-6H3;1H. The minimum absolute atomic E-state index is 0. The molecule has 0 aromatic heterocycles. The lowest BCUT2D eigenvalue weighted by Crippen LogP contribution is -2.45. The fourth-order valence-electron chi connectivity index (χ4n) is 0.719. The maximum Gasteiger partial charge on any atom is 0.323 e. The van der Waals surface area contributed by atoms with Gasteiger partial charge in [0, 0.05) is 0 Å². The number of esters is 1. The Morgan fingerprint density at radius 3 is 1.71 bits per heavy atom. The molecule has 0 saturated heterocycles. The number of rotatable bonds is 1. The molecule has 0 spiro atoms. The lowest BCUT2D eigenvalue weighted by atomic mass is 9.87. The van der Waals surface area contributed by atoms with Crippen LogP contribution < -0.4 is 5.73 Å². The molecule has 1 atom stereocenters. The summed E-state index contributed by atoms with van der Waals surface area (Å²) in [5.74, 6) is -0.333. The Bertz CT molecular complexity index is 191. The number of ether oxygens (including phenoxy) is 1. The summed E-state index contributed by atoms with van der Waals surface area (Å²) in [5, 5.41) is 0. The van der Waals surface area contributed by atoms with Crippen molar-refractivity contribution in [3.05, 3.63) is 0 Å². The van der Waals surface area contributed by atoms with Crippen molar-refractivity contribution in [2.24, 2.45) is 11.1 Å². The molecule has 4 heteroatoms. The van der Waals surface area contributed by atoms with Gasteiger partial charge in [0.1, 0.15) is 11.6 Å². The molecule has 0 aliphatic carbocycles. The molecular weight excluding hydrogens is 202 g/mol. The Morgan fingerprint density at radius 2 is 1.50 bits per heavy atom. The number of carbonyl (C=O) groups is 1. The van der Waals surface area contributed by atoms with E-state index in [1.54, 1.807) is 0 Å². The molecule has 0 heterocycles. The van der Waals surface area contributed by atoms with Crippen molar-refractivity contribution >= 4 is 18.4 Å². The lowest BCUT2D eigenvalue weighted by molar-refractivity contribution is -0.159. The number of hydrogen-bond donors (Lipinski definition) is 1. The molecule has 14 heavy (non-hydrogen) atoms. The zero-order valence-electron chi connectivity index (χ0n) is 9.88. The fraction of sp³-hybridized carbons (Fsp3) is 0.900. The fourth-order valence-corrected chi connectivity index (χ4v) is 0.719. The maximum atomic E-state index is 11.5. The van der Waals surface area contributed by atoms with Gasteiger partial charge in [-0.1, -0.05) is 20.8 Å². The van der Waals surface area contributed by atoms with Crippen molar-refractivity contribution in [1.82, 2.24) is 0 Å². The molecule has 0 rings (SSSR count). The van der Waals surface area contributed by atoms with E-state index in [1.807, 2.05) is 41.5 Å². The Balaban J connectivity index is 0. The summed E-state index contributed by atoms with van der Waals surface area (Å²) in [6, 6.07) is -0.563. The molecule has 2 N–H and O–H groups in total. The predicted octanol–water partition coefficient (Wildman–Crippen LogP) is 2.12. The summed E-state index contributed by atoms with van der Waals surface area (Å²) in [7, 11) is 0. The van der Waals surface area contributed by atoms with Crippen molar-refractivity contribution in [3.8, 4) is 0 Å². The summed E-state index contributed by atoms with van der Waals surface area (Å²) in [6.07, 6.45) is 0.